The fraction of sp³-hybridized carbons (Fsp3) is 0.435. The standard InChI is InChI=1S/C23H28N6O8S/c1-14(2)20-21(32)29(22(26-20)38(34,35)36)18-6-4-16(13-25-18)37-23(33)28-9-7-27(8-10-28)17-5-3-15(12-24-17)11-19(30)31/h3-6,12-14,20,22,26H,7-11H2,1-2H3,(H,30,31)(H,34,35,36). The maximum absolute atomic E-state index is 12.8. The van der Waals surface area contributed by atoms with Gasteiger partial charge in [0.1, 0.15) is 11.6 Å². The maximum atomic E-state index is 12.8. The molecule has 38 heavy (non-hydrogen) atoms. The summed E-state index contributed by atoms with van der Waals surface area (Å²) in [7, 11) is -4.64. The highest BCUT2D eigenvalue weighted by molar-refractivity contribution is 7.86. The van der Waals surface area contributed by atoms with Crippen molar-refractivity contribution < 1.29 is 37.2 Å². The van der Waals surface area contributed by atoms with Crippen LogP contribution in [0.3, 0.4) is 0 Å². The number of hydrogen-bond donors (Lipinski definition) is 3. The van der Waals surface area contributed by atoms with Crippen LogP contribution in [0.5, 0.6) is 5.75 Å². The number of carbonyl (C=O) groups is 3. The Morgan fingerprint density at radius 3 is 2.26 bits per heavy atom. The first-order valence-corrected chi connectivity index (χ1v) is 13.3. The van der Waals surface area contributed by atoms with Crippen molar-refractivity contribution >= 4 is 39.7 Å². The van der Waals surface area contributed by atoms with Crippen LogP contribution in [0.4, 0.5) is 16.4 Å². The molecule has 0 bridgehead atoms. The van der Waals surface area contributed by atoms with Crippen molar-refractivity contribution in [1.82, 2.24) is 20.2 Å². The van der Waals surface area contributed by atoms with Crippen LogP contribution in [-0.2, 0) is 26.1 Å². The van der Waals surface area contributed by atoms with Gasteiger partial charge in [0.15, 0.2) is 5.75 Å². The first-order chi connectivity index (χ1) is 17.9. The number of nitrogens with one attached hydrogen (secondary N) is 1. The quantitative estimate of drug-likeness (QED) is 0.409. The molecule has 2 aliphatic heterocycles. The number of aromatic nitrogens is 2. The van der Waals surface area contributed by atoms with E-state index in [1.807, 2.05) is 4.90 Å². The van der Waals surface area contributed by atoms with Crippen LogP contribution in [0.2, 0.25) is 0 Å². The van der Waals surface area contributed by atoms with Crippen LogP contribution in [0.1, 0.15) is 19.4 Å². The van der Waals surface area contributed by atoms with Crippen LogP contribution < -0.4 is 19.9 Å². The van der Waals surface area contributed by atoms with Crippen molar-refractivity contribution in [3.8, 4) is 5.75 Å². The van der Waals surface area contributed by atoms with E-state index in [1.165, 1.54) is 29.4 Å². The summed E-state index contributed by atoms with van der Waals surface area (Å²) >= 11 is 0. The van der Waals surface area contributed by atoms with Gasteiger partial charge in [-0.15, -0.1) is 0 Å². The molecular weight excluding hydrogens is 520 g/mol. The molecule has 2 aliphatic rings. The molecule has 204 valence electrons. The fourth-order valence-corrected chi connectivity index (χ4v) is 5.03. The maximum Gasteiger partial charge on any atom is 0.415 e. The number of piperazine rings is 1. The SMILES string of the molecule is CC(C)C1NC(S(=O)(=O)O)N(c2ccc(OC(=O)N3CCN(c4ccc(CC(=O)O)cn4)CC3)cn2)C1=O. The normalized spacial score (nSPS) is 20.2. The predicted molar refractivity (Wildman–Crippen MR) is 134 cm³/mol. The summed E-state index contributed by atoms with van der Waals surface area (Å²) in [5, 5.41) is 11.5. The van der Waals surface area contributed by atoms with Gasteiger partial charge < -0.3 is 19.6 Å². The molecule has 0 aromatic carbocycles. The summed E-state index contributed by atoms with van der Waals surface area (Å²) in [6.45, 7) is 5.20. The molecule has 2 aromatic heterocycles. The molecule has 14 nitrogen and oxygen atoms in total. The van der Waals surface area contributed by atoms with E-state index >= 15 is 0 Å². The third-order valence-electron chi connectivity index (χ3n) is 6.21. The highest BCUT2D eigenvalue weighted by Crippen LogP contribution is 2.27. The van der Waals surface area contributed by atoms with Gasteiger partial charge in [-0.05, 0) is 29.7 Å². The number of anilines is 2. The van der Waals surface area contributed by atoms with E-state index in [0.29, 0.717) is 37.6 Å². The van der Waals surface area contributed by atoms with Gasteiger partial charge in [0.2, 0.25) is 11.4 Å². The van der Waals surface area contributed by atoms with E-state index in [2.05, 4.69) is 15.3 Å². The molecule has 2 aromatic rings. The Kier molecular flexibility index (Phi) is 7.80. The van der Waals surface area contributed by atoms with Gasteiger partial charge in [-0.3, -0.25) is 24.4 Å². The summed E-state index contributed by atoms with van der Waals surface area (Å²) in [5.41, 5.74) is -1.08. The number of ether oxygens (including phenoxy) is 1. The lowest BCUT2D eigenvalue weighted by Gasteiger charge is -2.34. The lowest BCUT2D eigenvalue weighted by molar-refractivity contribution is -0.136. The van der Waals surface area contributed by atoms with Crippen molar-refractivity contribution in [2.75, 3.05) is 36.0 Å². The second-order valence-corrected chi connectivity index (χ2v) is 10.7. The van der Waals surface area contributed by atoms with E-state index in [0.717, 1.165) is 4.90 Å². The average Bonchev–Trinajstić information content (AvgIpc) is 3.23. The van der Waals surface area contributed by atoms with Crippen molar-refractivity contribution in [3.63, 3.8) is 0 Å². The number of carboxylic acid groups (broad SMARTS) is 1. The Hall–Kier alpha value is -3.82. The number of carboxylic acids is 1. The molecule has 2 fully saturated rings. The second-order valence-electron chi connectivity index (χ2n) is 9.25. The van der Waals surface area contributed by atoms with Crippen LogP contribution in [0.25, 0.3) is 0 Å². The molecule has 3 N–H and O–H groups in total. The van der Waals surface area contributed by atoms with E-state index < -0.39 is 39.6 Å². The minimum atomic E-state index is -4.64. The van der Waals surface area contributed by atoms with Gasteiger partial charge in [0.25, 0.3) is 0 Å². The van der Waals surface area contributed by atoms with E-state index in [9.17, 15) is 27.4 Å². The first-order valence-electron chi connectivity index (χ1n) is 11.8. The lowest BCUT2D eigenvalue weighted by atomic mass is 10.1. The fourth-order valence-electron chi connectivity index (χ4n) is 4.24. The van der Waals surface area contributed by atoms with Crippen LogP contribution in [-0.4, -0.2) is 88.6 Å². The Bertz CT molecular complexity index is 1290. The van der Waals surface area contributed by atoms with Gasteiger partial charge in [0.05, 0.1) is 18.7 Å². The molecule has 2 amide bonds. The highest BCUT2D eigenvalue weighted by atomic mass is 32.2. The summed E-state index contributed by atoms with van der Waals surface area (Å²) in [5.74, 6) is -0.960. The summed E-state index contributed by atoms with van der Waals surface area (Å²) in [4.78, 5) is 49.0. The van der Waals surface area contributed by atoms with E-state index in [4.69, 9.17) is 9.84 Å². The number of rotatable bonds is 7. The van der Waals surface area contributed by atoms with Gasteiger partial charge in [0, 0.05) is 32.4 Å². The Morgan fingerprint density at radius 1 is 1.08 bits per heavy atom. The van der Waals surface area contributed by atoms with Gasteiger partial charge >= 0.3 is 22.2 Å². The van der Waals surface area contributed by atoms with Crippen LogP contribution in [0, 0.1) is 5.92 Å². The first kappa shape index (κ1) is 27.2. The highest BCUT2D eigenvalue weighted by Gasteiger charge is 2.47. The van der Waals surface area contributed by atoms with Gasteiger partial charge in [-0.1, -0.05) is 19.9 Å². The lowest BCUT2D eigenvalue weighted by Crippen LogP contribution is -2.49. The zero-order valence-corrected chi connectivity index (χ0v) is 21.5. The number of nitrogens with zero attached hydrogens (tertiary/aromatic N) is 5. The second kappa shape index (κ2) is 10.9. The molecule has 4 rings (SSSR count). The molecule has 2 atom stereocenters. The predicted octanol–water partition coefficient (Wildman–Crippen LogP) is 0.557. The van der Waals surface area contributed by atoms with Crippen LogP contribution in [0.15, 0.2) is 36.7 Å². The number of hydrogen-bond acceptors (Lipinski definition) is 10. The average molecular weight is 549 g/mol. The molecular formula is C23H28N6O8S. The molecule has 2 saturated heterocycles. The Morgan fingerprint density at radius 2 is 1.74 bits per heavy atom. The van der Waals surface area contributed by atoms with Crippen LogP contribution >= 0.6 is 0 Å². The third-order valence-corrected chi connectivity index (χ3v) is 7.12. The minimum absolute atomic E-state index is 0.0245. The molecule has 4 heterocycles. The summed E-state index contributed by atoms with van der Waals surface area (Å²) in [6, 6.07) is 5.35. The third kappa shape index (κ3) is 6.00. The van der Waals surface area contributed by atoms with E-state index in [-0.39, 0.29) is 23.9 Å². The van der Waals surface area contributed by atoms with Crippen molar-refractivity contribution in [2.24, 2.45) is 5.92 Å². The molecule has 2 unspecified atom stereocenters. The molecule has 0 spiro atoms. The molecule has 0 saturated carbocycles. The molecule has 15 heteroatoms. The van der Waals surface area contributed by atoms with Crippen molar-refractivity contribution in [1.29, 1.82) is 0 Å². The van der Waals surface area contributed by atoms with Gasteiger partial charge in [-0.2, -0.15) is 8.42 Å². The smallest absolute Gasteiger partial charge is 0.415 e. The summed E-state index contributed by atoms with van der Waals surface area (Å²) < 4.78 is 38.7. The van der Waals surface area contributed by atoms with Gasteiger partial charge in [-0.25, -0.2) is 14.8 Å². The number of carbonyl (C=O) groups excluding carboxylic acids is 2. The van der Waals surface area contributed by atoms with Crippen molar-refractivity contribution in [2.45, 2.75) is 31.8 Å². The zero-order chi connectivity index (χ0) is 27.6. The summed E-state index contributed by atoms with van der Waals surface area (Å²) in [6.07, 6.45) is 2.02. The minimum Gasteiger partial charge on any atom is -0.481 e. The topological polar surface area (TPSA) is 183 Å². The molecule has 0 radical (unpaired) electrons. The Balaban J connectivity index is 1.35. The number of pyridine rings is 2. The molecule has 0 aliphatic carbocycles. The zero-order valence-electron chi connectivity index (χ0n) is 20.7. The number of amides is 2. The monoisotopic (exact) mass is 548 g/mol. The van der Waals surface area contributed by atoms with E-state index in [1.54, 1.807) is 26.0 Å². The number of aliphatic carboxylic acids is 1. The largest absolute Gasteiger partial charge is 0.481 e. The Labute approximate surface area is 219 Å². The van der Waals surface area contributed by atoms with Crippen molar-refractivity contribution in [3.05, 3.63) is 42.2 Å².